The SMILES string of the molecule is CCC(C)C(=O)Nc1ccc2c(c1)CCN2.Cl. The van der Waals surface area contributed by atoms with Crippen LogP contribution in [0.15, 0.2) is 18.2 Å². The van der Waals surface area contributed by atoms with Crippen molar-refractivity contribution in [2.45, 2.75) is 26.7 Å². The van der Waals surface area contributed by atoms with Crippen LogP contribution < -0.4 is 10.6 Å². The Labute approximate surface area is 108 Å². The van der Waals surface area contributed by atoms with Crippen LogP contribution in [0.3, 0.4) is 0 Å². The molecule has 1 aromatic rings. The van der Waals surface area contributed by atoms with E-state index >= 15 is 0 Å². The van der Waals surface area contributed by atoms with Crippen LogP contribution in [0, 0.1) is 5.92 Å². The summed E-state index contributed by atoms with van der Waals surface area (Å²) >= 11 is 0. The maximum atomic E-state index is 11.7. The van der Waals surface area contributed by atoms with E-state index in [4.69, 9.17) is 0 Å². The normalized spacial score (nSPS) is 14.2. The van der Waals surface area contributed by atoms with Crippen molar-refractivity contribution in [3.63, 3.8) is 0 Å². The van der Waals surface area contributed by atoms with Gasteiger partial charge in [-0.2, -0.15) is 0 Å². The number of carbonyl (C=O) groups is 1. The second-order valence-electron chi connectivity index (χ2n) is 4.35. The van der Waals surface area contributed by atoms with Gasteiger partial charge in [-0.05, 0) is 36.6 Å². The third-order valence-corrected chi connectivity index (χ3v) is 3.14. The molecule has 1 heterocycles. The zero-order valence-corrected chi connectivity index (χ0v) is 11.1. The lowest BCUT2D eigenvalue weighted by Crippen LogP contribution is -2.19. The highest BCUT2D eigenvalue weighted by atomic mass is 35.5. The summed E-state index contributed by atoms with van der Waals surface area (Å²) in [6.07, 6.45) is 1.92. The molecule has 0 aromatic heterocycles. The Bertz CT molecular complexity index is 406. The summed E-state index contributed by atoms with van der Waals surface area (Å²) < 4.78 is 0. The molecule has 0 saturated carbocycles. The predicted molar refractivity (Wildman–Crippen MR) is 74.0 cm³/mol. The molecular weight excluding hydrogens is 236 g/mol. The Balaban J connectivity index is 0.00000144. The molecule has 94 valence electrons. The molecule has 4 heteroatoms. The van der Waals surface area contributed by atoms with Gasteiger partial charge < -0.3 is 10.6 Å². The number of carbonyl (C=O) groups excluding carboxylic acids is 1. The van der Waals surface area contributed by atoms with Gasteiger partial charge in [-0.1, -0.05) is 13.8 Å². The molecule has 1 atom stereocenters. The number of rotatable bonds is 3. The lowest BCUT2D eigenvalue weighted by atomic mass is 10.1. The van der Waals surface area contributed by atoms with E-state index in [1.807, 2.05) is 26.0 Å². The molecule has 17 heavy (non-hydrogen) atoms. The summed E-state index contributed by atoms with van der Waals surface area (Å²) in [6, 6.07) is 6.06. The molecular formula is C13H19ClN2O. The fourth-order valence-corrected chi connectivity index (χ4v) is 1.83. The smallest absolute Gasteiger partial charge is 0.227 e. The van der Waals surface area contributed by atoms with Crippen LogP contribution in [-0.4, -0.2) is 12.5 Å². The van der Waals surface area contributed by atoms with Crippen LogP contribution in [0.25, 0.3) is 0 Å². The average molecular weight is 255 g/mol. The van der Waals surface area contributed by atoms with E-state index in [2.05, 4.69) is 16.7 Å². The lowest BCUT2D eigenvalue weighted by molar-refractivity contribution is -0.119. The van der Waals surface area contributed by atoms with Gasteiger partial charge in [0.25, 0.3) is 0 Å². The molecule has 0 bridgehead atoms. The quantitative estimate of drug-likeness (QED) is 0.871. The number of fused-ring (bicyclic) bond motifs is 1. The minimum Gasteiger partial charge on any atom is -0.384 e. The largest absolute Gasteiger partial charge is 0.384 e. The van der Waals surface area contributed by atoms with Gasteiger partial charge in [-0.15, -0.1) is 12.4 Å². The number of nitrogens with one attached hydrogen (secondary N) is 2. The highest BCUT2D eigenvalue weighted by Gasteiger charge is 2.13. The van der Waals surface area contributed by atoms with Crippen molar-refractivity contribution in [1.82, 2.24) is 0 Å². The Hall–Kier alpha value is -1.22. The van der Waals surface area contributed by atoms with Crippen molar-refractivity contribution in [3.8, 4) is 0 Å². The number of anilines is 2. The fraction of sp³-hybridized carbons (Fsp3) is 0.462. The zero-order valence-electron chi connectivity index (χ0n) is 10.2. The van der Waals surface area contributed by atoms with E-state index in [1.165, 1.54) is 11.3 Å². The van der Waals surface area contributed by atoms with E-state index in [0.717, 1.165) is 25.1 Å². The van der Waals surface area contributed by atoms with E-state index < -0.39 is 0 Å². The van der Waals surface area contributed by atoms with Crippen LogP contribution in [0.4, 0.5) is 11.4 Å². The predicted octanol–water partition coefficient (Wildman–Crippen LogP) is 3.06. The fourth-order valence-electron chi connectivity index (χ4n) is 1.83. The van der Waals surface area contributed by atoms with E-state index in [0.29, 0.717) is 0 Å². The number of halogens is 1. The minimum absolute atomic E-state index is 0. The summed E-state index contributed by atoms with van der Waals surface area (Å²) in [7, 11) is 0. The first-order valence-electron chi connectivity index (χ1n) is 5.88. The summed E-state index contributed by atoms with van der Waals surface area (Å²) in [6.45, 7) is 4.97. The molecule has 1 amide bonds. The first kappa shape index (κ1) is 13.8. The molecule has 2 N–H and O–H groups in total. The lowest BCUT2D eigenvalue weighted by Gasteiger charge is -2.10. The van der Waals surface area contributed by atoms with Gasteiger partial charge in [-0.3, -0.25) is 4.79 Å². The van der Waals surface area contributed by atoms with Crippen LogP contribution in [0.1, 0.15) is 25.8 Å². The highest BCUT2D eigenvalue weighted by Crippen LogP contribution is 2.25. The Morgan fingerprint density at radius 2 is 2.29 bits per heavy atom. The van der Waals surface area contributed by atoms with Crippen LogP contribution >= 0.6 is 12.4 Å². The Morgan fingerprint density at radius 1 is 1.53 bits per heavy atom. The summed E-state index contributed by atoms with van der Waals surface area (Å²) in [4.78, 5) is 11.7. The monoisotopic (exact) mass is 254 g/mol. The molecule has 1 aliphatic rings. The molecule has 2 rings (SSSR count). The summed E-state index contributed by atoms with van der Waals surface area (Å²) in [5.41, 5.74) is 3.40. The van der Waals surface area contributed by atoms with E-state index in [-0.39, 0.29) is 24.2 Å². The second kappa shape index (κ2) is 5.92. The van der Waals surface area contributed by atoms with Gasteiger partial charge >= 0.3 is 0 Å². The van der Waals surface area contributed by atoms with Crippen molar-refractivity contribution >= 4 is 29.7 Å². The van der Waals surface area contributed by atoms with Crippen LogP contribution in [0.5, 0.6) is 0 Å². The molecule has 1 unspecified atom stereocenters. The molecule has 3 nitrogen and oxygen atoms in total. The van der Waals surface area contributed by atoms with Crippen LogP contribution in [0.2, 0.25) is 0 Å². The van der Waals surface area contributed by atoms with Gasteiger partial charge in [0.15, 0.2) is 0 Å². The van der Waals surface area contributed by atoms with E-state index in [9.17, 15) is 4.79 Å². The number of benzene rings is 1. The molecule has 0 radical (unpaired) electrons. The zero-order chi connectivity index (χ0) is 11.5. The maximum absolute atomic E-state index is 11.7. The van der Waals surface area contributed by atoms with Gasteiger partial charge in [0.2, 0.25) is 5.91 Å². The third kappa shape index (κ3) is 3.13. The Morgan fingerprint density at radius 3 is 3.00 bits per heavy atom. The average Bonchev–Trinajstić information content (AvgIpc) is 2.75. The van der Waals surface area contributed by atoms with Gasteiger partial charge in [0.1, 0.15) is 0 Å². The van der Waals surface area contributed by atoms with Crippen molar-refractivity contribution in [2.75, 3.05) is 17.2 Å². The molecule has 0 saturated heterocycles. The van der Waals surface area contributed by atoms with Gasteiger partial charge in [0, 0.05) is 23.8 Å². The highest BCUT2D eigenvalue weighted by molar-refractivity contribution is 5.92. The second-order valence-corrected chi connectivity index (χ2v) is 4.35. The molecule has 0 aliphatic carbocycles. The number of hydrogen-bond acceptors (Lipinski definition) is 2. The molecule has 0 fully saturated rings. The topological polar surface area (TPSA) is 41.1 Å². The third-order valence-electron chi connectivity index (χ3n) is 3.14. The molecule has 0 spiro atoms. The maximum Gasteiger partial charge on any atom is 0.227 e. The molecule has 1 aromatic carbocycles. The van der Waals surface area contributed by atoms with Gasteiger partial charge in [-0.25, -0.2) is 0 Å². The van der Waals surface area contributed by atoms with Crippen molar-refractivity contribution < 1.29 is 4.79 Å². The molecule has 1 aliphatic heterocycles. The van der Waals surface area contributed by atoms with E-state index in [1.54, 1.807) is 0 Å². The number of hydrogen-bond donors (Lipinski definition) is 2. The number of amides is 1. The standard InChI is InChI=1S/C13H18N2O.ClH/c1-3-9(2)13(16)15-11-4-5-12-10(8-11)6-7-14-12;/h4-5,8-9,14H,3,6-7H2,1-2H3,(H,15,16);1H. The minimum atomic E-state index is 0. The van der Waals surface area contributed by atoms with Gasteiger partial charge in [0.05, 0.1) is 0 Å². The van der Waals surface area contributed by atoms with Crippen molar-refractivity contribution in [3.05, 3.63) is 23.8 Å². The summed E-state index contributed by atoms with van der Waals surface area (Å²) in [5, 5.41) is 6.26. The van der Waals surface area contributed by atoms with Crippen molar-refractivity contribution in [1.29, 1.82) is 0 Å². The summed E-state index contributed by atoms with van der Waals surface area (Å²) in [5.74, 6) is 0.180. The van der Waals surface area contributed by atoms with Crippen LogP contribution in [-0.2, 0) is 11.2 Å². The van der Waals surface area contributed by atoms with Crippen molar-refractivity contribution in [2.24, 2.45) is 5.92 Å². The Kier molecular flexibility index (Phi) is 4.82. The first-order valence-corrected chi connectivity index (χ1v) is 5.88. The first-order chi connectivity index (χ1) is 7.70.